The molecule has 0 N–H and O–H groups in total. The van der Waals surface area contributed by atoms with Crippen LogP contribution in [0.3, 0.4) is 0 Å². The minimum Gasteiger partial charge on any atom is -0.303 e. The molecule has 0 aromatic heterocycles. The summed E-state index contributed by atoms with van der Waals surface area (Å²) in [5, 5.41) is 0. The molecule has 1 heterocycles. The van der Waals surface area contributed by atoms with Crippen LogP contribution in [0.4, 0.5) is 0 Å². The molecule has 0 amide bonds. The fraction of sp³-hybridized carbons (Fsp3) is 1.00. The molecular formula is C19H36N2. The highest BCUT2D eigenvalue weighted by Crippen LogP contribution is 2.34. The second-order valence-electron chi connectivity index (χ2n) is 8.43. The van der Waals surface area contributed by atoms with Crippen LogP contribution in [0, 0.1) is 11.8 Å². The summed E-state index contributed by atoms with van der Waals surface area (Å²) in [5.74, 6) is 1.99. The van der Waals surface area contributed by atoms with E-state index < -0.39 is 0 Å². The van der Waals surface area contributed by atoms with Crippen molar-refractivity contribution in [2.45, 2.75) is 90.3 Å². The van der Waals surface area contributed by atoms with Crippen molar-refractivity contribution in [1.82, 2.24) is 9.80 Å². The molecule has 21 heavy (non-hydrogen) atoms. The maximum atomic E-state index is 2.85. The van der Waals surface area contributed by atoms with Crippen molar-refractivity contribution < 1.29 is 0 Å². The molecule has 0 aromatic carbocycles. The lowest BCUT2D eigenvalue weighted by atomic mass is 9.82. The molecule has 0 aromatic rings. The lowest BCUT2D eigenvalue weighted by Gasteiger charge is -2.42. The van der Waals surface area contributed by atoms with E-state index in [9.17, 15) is 0 Å². The number of likely N-dealkylation sites (tertiary alicyclic amines) is 1. The van der Waals surface area contributed by atoms with Gasteiger partial charge >= 0.3 is 0 Å². The Labute approximate surface area is 132 Å². The van der Waals surface area contributed by atoms with Gasteiger partial charge in [0.05, 0.1) is 0 Å². The largest absolute Gasteiger partial charge is 0.303 e. The average molecular weight is 293 g/mol. The summed E-state index contributed by atoms with van der Waals surface area (Å²) in [7, 11) is 0. The molecule has 0 unspecified atom stereocenters. The standard InChI is InChI=1S/C19H36N2/c1-15(2)21(18-8-9-18)19-10-12-20(13-11-19)14-17-6-4-16(3)5-7-17/h15-19H,4-14H2,1-3H3. The van der Waals surface area contributed by atoms with Crippen molar-refractivity contribution in [3.8, 4) is 0 Å². The predicted octanol–water partition coefficient (Wildman–Crippen LogP) is 4.15. The molecule has 2 saturated carbocycles. The zero-order valence-corrected chi connectivity index (χ0v) is 14.6. The molecule has 0 radical (unpaired) electrons. The Balaban J connectivity index is 1.42. The van der Waals surface area contributed by atoms with Crippen LogP contribution in [0.15, 0.2) is 0 Å². The molecule has 3 fully saturated rings. The van der Waals surface area contributed by atoms with E-state index >= 15 is 0 Å². The number of hydrogen-bond acceptors (Lipinski definition) is 2. The summed E-state index contributed by atoms with van der Waals surface area (Å²) in [6.45, 7) is 11.3. The van der Waals surface area contributed by atoms with Crippen LogP contribution >= 0.6 is 0 Å². The Morgan fingerprint density at radius 3 is 1.95 bits per heavy atom. The van der Waals surface area contributed by atoms with Crippen molar-refractivity contribution in [3.63, 3.8) is 0 Å². The molecular weight excluding hydrogens is 256 g/mol. The Kier molecular flexibility index (Phi) is 5.27. The van der Waals surface area contributed by atoms with Crippen LogP contribution in [0.1, 0.15) is 72.1 Å². The van der Waals surface area contributed by atoms with Crippen LogP contribution in [-0.4, -0.2) is 47.6 Å². The van der Waals surface area contributed by atoms with Gasteiger partial charge in [0, 0.05) is 24.7 Å². The Hall–Kier alpha value is -0.0800. The van der Waals surface area contributed by atoms with E-state index in [0.29, 0.717) is 0 Å². The highest BCUT2D eigenvalue weighted by Gasteiger charge is 2.37. The average Bonchev–Trinajstić information content (AvgIpc) is 3.28. The highest BCUT2D eigenvalue weighted by atomic mass is 15.3. The summed E-state index contributed by atoms with van der Waals surface area (Å²) < 4.78 is 0. The topological polar surface area (TPSA) is 6.48 Å². The van der Waals surface area contributed by atoms with E-state index in [1.54, 1.807) is 0 Å². The minimum absolute atomic E-state index is 0.744. The van der Waals surface area contributed by atoms with Gasteiger partial charge in [0.25, 0.3) is 0 Å². The molecule has 0 bridgehead atoms. The molecule has 2 aliphatic carbocycles. The number of hydrogen-bond donors (Lipinski definition) is 0. The first-order valence-electron chi connectivity index (χ1n) is 9.63. The second kappa shape index (κ2) is 7.00. The van der Waals surface area contributed by atoms with Gasteiger partial charge in [-0.25, -0.2) is 0 Å². The quantitative estimate of drug-likeness (QED) is 0.751. The fourth-order valence-electron chi connectivity index (χ4n) is 4.79. The summed E-state index contributed by atoms with van der Waals surface area (Å²) in [5.41, 5.74) is 0. The van der Waals surface area contributed by atoms with Crippen molar-refractivity contribution in [2.24, 2.45) is 11.8 Å². The minimum atomic E-state index is 0.744. The molecule has 3 aliphatic rings. The smallest absolute Gasteiger partial charge is 0.0125 e. The summed E-state index contributed by atoms with van der Waals surface area (Å²) in [6.07, 6.45) is 11.7. The van der Waals surface area contributed by atoms with Crippen LogP contribution in [0.5, 0.6) is 0 Å². The van der Waals surface area contributed by atoms with E-state index in [-0.39, 0.29) is 0 Å². The zero-order valence-electron chi connectivity index (χ0n) is 14.6. The van der Waals surface area contributed by atoms with Crippen molar-refractivity contribution >= 4 is 0 Å². The van der Waals surface area contributed by atoms with Gasteiger partial charge in [-0.15, -0.1) is 0 Å². The first kappa shape index (κ1) is 15.8. The van der Waals surface area contributed by atoms with Crippen LogP contribution < -0.4 is 0 Å². The summed E-state index contributed by atoms with van der Waals surface area (Å²) >= 11 is 0. The first-order chi connectivity index (χ1) is 10.1. The predicted molar refractivity (Wildman–Crippen MR) is 90.6 cm³/mol. The van der Waals surface area contributed by atoms with E-state index in [4.69, 9.17) is 0 Å². The zero-order chi connectivity index (χ0) is 14.8. The van der Waals surface area contributed by atoms with E-state index in [1.165, 1.54) is 71.0 Å². The van der Waals surface area contributed by atoms with Gasteiger partial charge in [-0.3, -0.25) is 4.90 Å². The third-order valence-electron chi connectivity index (χ3n) is 6.20. The van der Waals surface area contributed by atoms with Gasteiger partial charge in [0.2, 0.25) is 0 Å². The monoisotopic (exact) mass is 292 g/mol. The Morgan fingerprint density at radius 2 is 1.43 bits per heavy atom. The Morgan fingerprint density at radius 1 is 0.857 bits per heavy atom. The van der Waals surface area contributed by atoms with E-state index in [2.05, 4.69) is 30.6 Å². The number of piperidine rings is 1. The molecule has 122 valence electrons. The van der Waals surface area contributed by atoms with E-state index in [1.807, 2.05) is 0 Å². The Bertz CT molecular complexity index is 306. The van der Waals surface area contributed by atoms with Crippen molar-refractivity contribution in [2.75, 3.05) is 19.6 Å². The van der Waals surface area contributed by atoms with Crippen LogP contribution in [0.2, 0.25) is 0 Å². The molecule has 0 spiro atoms. The molecule has 1 aliphatic heterocycles. The SMILES string of the molecule is CC1CCC(CN2CCC(N(C(C)C)C3CC3)CC2)CC1. The maximum absolute atomic E-state index is 2.85. The molecule has 0 atom stereocenters. The lowest BCUT2D eigenvalue weighted by Crippen LogP contribution is -2.49. The van der Waals surface area contributed by atoms with Crippen LogP contribution in [0.25, 0.3) is 0 Å². The van der Waals surface area contributed by atoms with Gasteiger partial charge in [-0.2, -0.15) is 0 Å². The van der Waals surface area contributed by atoms with Gasteiger partial charge in [-0.05, 0) is 77.3 Å². The number of rotatable bonds is 5. The normalized spacial score (nSPS) is 33.0. The fourth-order valence-corrected chi connectivity index (χ4v) is 4.79. The molecule has 2 heteroatoms. The van der Waals surface area contributed by atoms with Gasteiger partial charge in [-0.1, -0.05) is 19.8 Å². The molecule has 1 saturated heterocycles. The maximum Gasteiger partial charge on any atom is 0.0125 e. The first-order valence-corrected chi connectivity index (χ1v) is 9.63. The number of nitrogens with zero attached hydrogens (tertiary/aromatic N) is 2. The van der Waals surface area contributed by atoms with Gasteiger partial charge in [0.1, 0.15) is 0 Å². The van der Waals surface area contributed by atoms with Gasteiger partial charge in [0.15, 0.2) is 0 Å². The lowest BCUT2D eigenvalue weighted by molar-refractivity contribution is 0.0674. The molecule has 3 rings (SSSR count). The van der Waals surface area contributed by atoms with Gasteiger partial charge < -0.3 is 4.90 Å². The van der Waals surface area contributed by atoms with E-state index in [0.717, 1.165) is 30.0 Å². The van der Waals surface area contributed by atoms with Crippen LogP contribution in [-0.2, 0) is 0 Å². The third-order valence-corrected chi connectivity index (χ3v) is 6.20. The summed E-state index contributed by atoms with van der Waals surface area (Å²) in [6, 6.07) is 2.55. The van der Waals surface area contributed by atoms with Crippen molar-refractivity contribution in [1.29, 1.82) is 0 Å². The summed E-state index contributed by atoms with van der Waals surface area (Å²) in [4.78, 5) is 5.63. The molecule has 2 nitrogen and oxygen atoms in total. The van der Waals surface area contributed by atoms with Crippen molar-refractivity contribution in [3.05, 3.63) is 0 Å². The third kappa shape index (κ3) is 4.22. The highest BCUT2D eigenvalue weighted by molar-refractivity contribution is 4.92. The second-order valence-corrected chi connectivity index (χ2v) is 8.43.